The molecule has 1 unspecified atom stereocenters. The standard InChI is InChI=1S/C25H24F3O3S/c1-24(2,3)31-18-13-15-20(16-14-18)32(19-9-5-4-6-10-19)22-12-8-7-11-21(22)23(29)30-17-25(26,27)28/h4-16H,17H2,1-3H3/q+1. The highest BCUT2D eigenvalue weighted by Gasteiger charge is 2.35. The summed E-state index contributed by atoms with van der Waals surface area (Å²) >= 11 is 0. The summed E-state index contributed by atoms with van der Waals surface area (Å²) in [5.74, 6) is -0.297. The van der Waals surface area contributed by atoms with E-state index in [0.717, 1.165) is 9.79 Å². The summed E-state index contributed by atoms with van der Waals surface area (Å²) in [6, 6.07) is 23.7. The molecule has 3 nitrogen and oxygen atoms in total. The quantitative estimate of drug-likeness (QED) is 0.303. The van der Waals surface area contributed by atoms with Gasteiger partial charge in [0.15, 0.2) is 21.3 Å². The van der Waals surface area contributed by atoms with E-state index in [0.29, 0.717) is 10.6 Å². The minimum absolute atomic E-state index is 0.110. The molecule has 168 valence electrons. The summed E-state index contributed by atoms with van der Waals surface area (Å²) in [6.07, 6.45) is -4.59. The van der Waals surface area contributed by atoms with Crippen LogP contribution in [0, 0.1) is 0 Å². The third-order valence-corrected chi connectivity index (χ3v) is 6.44. The lowest BCUT2D eigenvalue weighted by molar-refractivity contribution is -0.161. The minimum atomic E-state index is -4.59. The highest BCUT2D eigenvalue weighted by molar-refractivity contribution is 7.97. The van der Waals surface area contributed by atoms with Crippen molar-refractivity contribution in [3.8, 4) is 5.75 Å². The van der Waals surface area contributed by atoms with Crippen LogP contribution in [0.2, 0.25) is 0 Å². The molecular weight excluding hydrogens is 437 g/mol. The van der Waals surface area contributed by atoms with Gasteiger partial charge >= 0.3 is 12.1 Å². The summed E-state index contributed by atoms with van der Waals surface area (Å²) in [5.41, 5.74) is -0.240. The Kier molecular flexibility index (Phi) is 7.19. The smallest absolute Gasteiger partial charge is 0.422 e. The second-order valence-electron chi connectivity index (χ2n) is 7.99. The predicted molar refractivity (Wildman–Crippen MR) is 118 cm³/mol. The topological polar surface area (TPSA) is 35.5 Å². The van der Waals surface area contributed by atoms with Crippen molar-refractivity contribution in [3.05, 3.63) is 84.4 Å². The first kappa shape index (κ1) is 23.7. The SMILES string of the molecule is CC(C)(C)Oc1ccc([S+](c2ccccc2)c2ccccc2C(=O)OCC(F)(F)F)cc1. The largest absolute Gasteiger partial charge is 0.488 e. The second kappa shape index (κ2) is 9.69. The zero-order chi connectivity index (χ0) is 23.4. The average molecular weight is 462 g/mol. The van der Waals surface area contributed by atoms with Gasteiger partial charge in [-0.3, -0.25) is 0 Å². The highest BCUT2D eigenvalue weighted by atomic mass is 32.2. The first-order valence-electron chi connectivity index (χ1n) is 9.95. The number of rotatable bonds is 6. The summed E-state index contributed by atoms with van der Waals surface area (Å²) in [4.78, 5) is 15.0. The van der Waals surface area contributed by atoms with Crippen molar-refractivity contribution in [2.75, 3.05) is 6.61 Å². The van der Waals surface area contributed by atoms with E-state index < -0.39 is 29.6 Å². The van der Waals surface area contributed by atoms with Gasteiger partial charge in [0, 0.05) is 0 Å². The van der Waals surface area contributed by atoms with Crippen LogP contribution in [-0.2, 0) is 15.6 Å². The van der Waals surface area contributed by atoms with Gasteiger partial charge in [-0.1, -0.05) is 30.3 Å². The molecule has 3 rings (SSSR count). The van der Waals surface area contributed by atoms with Crippen LogP contribution in [0.5, 0.6) is 5.75 Å². The molecular formula is C25H24F3O3S+. The summed E-state index contributed by atoms with van der Waals surface area (Å²) in [5, 5.41) is 0. The number of ether oxygens (including phenoxy) is 2. The van der Waals surface area contributed by atoms with Crippen molar-refractivity contribution < 1.29 is 27.4 Å². The summed E-state index contributed by atoms with van der Waals surface area (Å²) in [6.45, 7) is 4.24. The van der Waals surface area contributed by atoms with Gasteiger partial charge < -0.3 is 9.47 Å². The monoisotopic (exact) mass is 461 g/mol. The van der Waals surface area contributed by atoms with E-state index in [1.54, 1.807) is 18.2 Å². The molecule has 0 aliphatic rings. The van der Waals surface area contributed by atoms with Crippen LogP contribution in [0.3, 0.4) is 0 Å². The third-order valence-electron chi connectivity index (χ3n) is 4.16. The Hall–Kier alpha value is -2.93. The molecule has 0 amide bonds. The van der Waals surface area contributed by atoms with Crippen molar-refractivity contribution in [1.29, 1.82) is 0 Å². The fourth-order valence-electron chi connectivity index (χ4n) is 2.98. The lowest BCUT2D eigenvalue weighted by atomic mass is 10.2. The van der Waals surface area contributed by atoms with Crippen LogP contribution in [0.4, 0.5) is 13.2 Å². The Morgan fingerprint density at radius 3 is 1.97 bits per heavy atom. The Balaban J connectivity index is 2.03. The Labute approximate surface area is 188 Å². The molecule has 0 N–H and O–H groups in total. The maximum atomic E-state index is 12.6. The van der Waals surface area contributed by atoms with Crippen LogP contribution in [0.1, 0.15) is 31.1 Å². The molecule has 32 heavy (non-hydrogen) atoms. The molecule has 0 radical (unpaired) electrons. The number of carbonyl (C=O) groups excluding carboxylic acids is 1. The van der Waals surface area contributed by atoms with Crippen LogP contribution >= 0.6 is 0 Å². The number of benzene rings is 3. The van der Waals surface area contributed by atoms with Gasteiger partial charge in [-0.15, -0.1) is 0 Å². The Morgan fingerprint density at radius 1 is 0.812 bits per heavy atom. The summed E-state index contributed by atoms with van der Waals surface area (Å²) in [7, 11) is -0.741. The van der Waals surface area contributed by atoms with Crippen molar-refractivity contribution in [1.82, 2.24) is 0 Å². The van der Waals surface area contributed by atoms with Crippen molar-refractivity contribution in [3.63, 3.8) is 0 Å². The molecule has 0 aliphatic heterocycles. The van der Waals surface area contributed by atoms with Gasteiger partial charge in [-0.25, -0.2) is 4.79 Å². The van der Waals surface area contributed by atoms with Gasteiger partial charge in [0.05, 0.1) is 0 Å². The Morgan fingerprint density at radius 2 is 1.38 bits per heavy atom. The van der Waals surface area contributed by atoms with E-state index in [1.165, 1.54) is 6.07 Å². The van der Waals surface area contributed by atoms with Gasteiger partial charge in [0.25, 0.3) is 0 Å². The van der Waals surface area contributed by atoms with Gasteiger partial charge in [-0.2, -0.15) is 13.2 Å². The molecule has 0 aromatic heterocycles. The maximum absolute atomic E-state index is 12.6. The molecule has 3 aromatic carbocycles. The van der Waals surface area contributed by atoms with E-state index in [4.69, 9.17) is 4.74 Å². The van der Waals surface area contributed by atoms with E-state index in [-0.39, 0.29) is 11.2 Å². The first-order valence-corrected chi connectivity index (χ1v) is 11.2. The molecule has 0 fully saturated rings. The normalized spacial score (nSPS) is 12.8. The Bertz CT molecular complexity index is 1040. The van der Waals surface area contributed by atoms with E-state index in [9.17, 15) is 18.0 Å². The number of alkyl halides is 3. The average Bonchev–Trinajstić information content (AvgIpc) is 2.73. The van der Waals surface area contributed by atoms with Gasteiger partial charge in [-0.05, 0) is 69.3 Å². The predicted octanol–water partition coefficient (Wildman–Crippen LogP) is 6.68. The number of esters is 1. The fraction of sp³-hybridized carbons (Fsp3) is 0.240. The second-order valence-corrected chi connectivity index (χ2v) is 9.99. The van der Waals surface area contributed by atoms with Gasteiger partial charge in [0.2, 0.25) is 0 Å². The van der Waals surface area contributed by atoms with Gasteiger partial charge in [0.1, 0.15) is 27.8 Å². The minimum Gasteiger partial charge on any atom is -0.488 e. The molecule has 0 aliphatic carbocycles. The van der Waals surface area contributed by atoms with Crippen molar-refractivity contribution >= 4 is 16.9 Å². The first-order chi connectivity index (χ1) is 15.0. The van der Waals surface area contributed by atoms with Crippen LogP contribution in [0.15, 0.2) is 93.5 Å². The van der Waals surface area contributed by atoms with E-state index in [2.05, 4.69) is 4.74 Å². The van der Waals surface area contributed by atoms with Crippen LogP contribution < -0.4 is 4.74 Å². The maximum Gasteiger partial charge on any atom is 0.422 e. The zero-order valence-corrected chi connectivity index (χ0v) is 18.8. The molecule has 1 atom stereocenters. The van der Waals surface area contributed by atoms with Crippen molar-refractivity contribution in [2.45, 2.75) is 47.2 Å². The third kappa shape index (κ3) is 6.53. The number of hydrogen-bond acceptors (Lipinski definition) is 3. The molecule has 3 aromatic rings. The number of carbonyl (C=O) groups is 1. The molecule has 0 heterocycles. The number of hydrogen-bond donors (Lipinski definition) is 0. The summed E-state index contributed by atoms with van der Waals surface area (Å²) < 4.78 is 48.2. The zero-order valence-electron chi connectivity index (χ0n) is 18.0. The lowest BCUT2D eigenvalue weighted by Gasteiger charge is -2.21. The van der Waals surface area contributed by atoms with Crippen LogP contribution in [0.25, 0.3) is 0 Å². The number of halogens is 3. The van der Waals surface area contributed by atoms with Crippen LogP contribution in [-0.4, -0.2) is 24.4 Å². The molecule has 7 heteroatoms. The molecule has 0 spiro atoms. The fourth-order valence-corrected chi connectivity index (χ4v) is 5.19. The lowest BCUT2D eigenvalue weighted by Crippen LogP contribution is -2.23. The van der Waals surface area contributed by atoms with E-state index >= 15 is 0 Å². The van der Waals surface area contributed by atoms with E-state index in [1.807, 2.05) is 75.4 Å². The molecule has 0 saturated heterocycles. The molecule has 0 bridgehead atoms. The molecule has 0 saturated carbocycles. The van der Waals surface area contributed by atoms with Crippen molar-refractivity contribution in [2.24, 2.45) is 0 Å². The highest BCUT2D eigenvalue weighted by Crippen LogP contribution is 2.35.